The van der Waals surface area contributed by atoms with Gasteiger partial charge >= 0.3 is 39.6 Å². The van der Waals surface area contributed by atoms with E-state index in [1.165, 1.54) is 0 Å². The Morgan fingerprint density at radius 1 is 0.708 bits per heavy atom. The molecule has 0 bridgehead atoms. The average Bonchev–Trinajstić information content (AvgIpc) is 2.31. The summed E-state index contributed by atoms with van der Waals surface area (Å²) in [6.07, 6.45) is -11.2. The highest BCUT2D eigenvalue weighted by Gasteiger charge is 2.81. The summed E-state index contributed by atoms with van der Waals surface area (Å²) in [5.74, 6) is -20.1. The Hall–Kier alpha value is -0.930. The minimum absolute atomic E-state index is 1.69. The van der Waals surface area contributed by atoms with Crippen LogP contribution in [0.25, 0.3) is 0 Å². The summed E-state index contributed by atoms with van der Waals surface area (Å²) in [6, 6.07) is 0. The molecule has 0 aromatic rings. The van der Waals surface area contributed by atoms with Crippen molar-refractivity contribution >= 4 is 10.1 Å². The highest BCUT2D eigenvalue weighted by Crippen LogP contribution is 2.54. The van der Waals surface area contributed by atoms with Crippen molar-refractivity contribution in [1.29, 1.82) is 0 Å². The zero-order valence-electron chi connectivity index (χ0n) is 10.8. The summed E-state index contributed by atoms with van der Waals surface area (Å²) in [5, 5.41) is 0. The number of rotatable bonds is 7. The van der Waals surface area contributed by atoms with Crippen LogP contribution in [0, 0.1) is 0 Å². The molecule has 0 aliphatic rings. The fourth-order valence-electron chi connectivity index (χ4n) is 1.09. The van der Waals surface area contributed by atoms with Crippen molar-refractivity contribution in [3.8, 4) is 0 Å². The smallest absolute Gasteiger partial charge is 0.263 e. The first-order valence-corrected chi connectivity index (χ1v) is 6.77. The first-order chi connectivity index (χ1) is 10.2. The lowest BCUT2D eigenvalue weighted by atomic mass is 10.00. The highest BCUT2D eigenvalue weighted by atomic mass is 32.2. The molecule has 0 fully saturated rings. The highest BCUT2D eigenvalue weighted by molar-refractivity contribution is 7.87. The van der Waals surface area contributed by atoms with Gasteiger partial charge < -0.3 is 0 Å². The normalized spacial score (nSPS) is 15.7. The molecule has 0 saturated carbocycles. The van der Waals surface area contributed by atoms with Crippen LogP contribution in [0.3, 0.4) is 0 Å². The van der Waals surface area contributed by atoms with Crippen LogP contribution in [-0.4, -0.2) is 44.5 Å². The fraction of sp³-hybridized carbons (Fsp3) is 1.00. The molecule has 0 N–H and O–H groups in total. The van der Waals surface area contributed by atoms with Crippen LogP contribution >= 0.6 is 0 Å². The van der Waals surface area contributed by atoms with Crippen LogP contribution in [0.2, 0.25) is 0 Å². The number of hydrogen-bond donors (Lipinski definition) is 0. The van der Waals surface area contributed by atoms with E-state index in [-0.39, 0.29) is 0 Å². The predicted molar refractivity (Wildman–Crippen MR) is 51.1 cm³/mol. The van der Waals surface area contributed by atoms with Crippen LogP contribution in [0.1, 0.15) is 12.8 Å². The van der Waals surface area contributed by atoms with E-state index in [2.05, 4.69) is 4.18 Å². The predicted octanol–water partition coefficient (Wildman–Crippen LogP) is 4.10. The second-order valence-electron chi connectivity index (χ2n) is 4.18. The summed E-state index contributed by atoms with van der Waals surface area (Å²) in [5.41, 5.74) is -5.97. The minimum atomic E-state index is -7.14. The Labute approximate surface area is 125 Å². The lowest BCUT2D eigenvalue weighted by molar-refractivity contribution is -0.396. The molecule has 0 heterocycles. The van der Waals surface area contributed by atoms with Crippen molar-refractivity contribution in [2.24, 2.45) is 0 Å². The SMILES string of the molecule is O=S(=O)(OCCCC(F)(F)C(F)(F)C(F)(F)C(F)(F)F)C(F)(F)F. The third-order valence-corrected chi connectivity index (χ3v) is 3.41. The van der Waals surface area contributed by atoms with E-state index in [9.17, 15) is 61.1 Å². The van der Waals surface area contributed by atoms with Crippen molar-refractivity contribution in [2.75, 3.05) is 6.61 Å². The van der Waals surface area contributed by atoms with Gasteiger partial charge in [-0.05, 0) is 6.42 Å². The Morgan fingerprint density at radius 2 is 1.12 bits per heavy atom. The molecule has 16 heteroatoms. The summed E-state index contributed by atoms with van der Waals surface area (Å²) in [4.78, 5) is 0. The molecule has 0 aliphatic heterocycles. The fourth-order valence-corrected chi connectivity index (χ4v) is 1.57. The van der Waals surface area contributed by atoms with Gasteiger partial charge in [0.15, 0.2) is 0 Å². The van der Waals surface area contributed by atoms with E-state index in [4.69, 9.17) is 0 Å². The van der Waals surface area contributed by atoms with Gasteiger partial charge in [-0.3, -0.25) is 4.18 Å². The molecule has 0 spiro atoms. The van der Waals surface area contributed by atoms with E-state index < -0.39 is 59.0 Å². The van der Waals surface area contributed by atoms with E-state index in [1.54, 1.807) is 0 Å². The van der Waals surface area contributed by atoms with Gasteiger partial charge in [-0.2, -0.15) is 61.1 Å². The van der Waals surface area contributed by atoms with Gasteiger partial charge in [-0.15, -0.1) is 0 Å². The van der Waals surface area contributed by atoms with Crippen molar-refractivity contribution in [3.63, 3.8) is 0 Å². The molecule has 0 unspecified atom stereocenters. The van der Waals surface area contributed by atoms with Crippen molar-refractivity contribution in [2.45, 2.75) is 42.3 Å². The molecule has 146 valence electrons. The number of halogens is 12. The van der Waals surface area contributed by atoms with Crippen LogP contribution in [0.5, 0.6) is 0 Å². The zero-order chi connectivity index (χ0) is 19.8. The monoisotopic (exact) mass is 410 g/mol. The largest absolute Gasteiger partial charge is 0.523 e. The van der Waals surface area contributed by atoms with Crippen LogP contribution in [0.15, 0.2) is 0 Å². The first kappa shape index (κ1) is 23.1. The molecular formula is C8H6F12O3S. The lowest BCUT2D eigenvalue weighted by Crippen LogP contribution is -2.60. The van der Waals surface area contributed by atoms with Crippen molar-refractivity contribution in [1.82, 2.24) is 0 Å². The van der Waals surface area contributed by atoms with E-state index in [0.29, 0.717) is 0 Å². The van der Waals surface area contributed by atoms with Gasteiger partial charge in [0.2, 0.25) is 0 Å². The molecule has 0 radical (unpaired) electrons. The molecule has 0 aromatic carbocycles. The topological polar surface area (TPSA) is 43.4 Å². The molecule has 0 aliphatic carbocycles. The molecular weight excluding hydrogens is 404 g/mol. The summed E-state index contributed by atoms with van der Waals surface area (Å²) >= 11 is 0. The van der Waals surface area contributed by atoms with Gasteiger partial charge in [0.05, 0.1) is 6.61 Å². The van der Waals surface area contributed by atoms with E-state index >= 15 is 0 Å². The van der Waals surface area contributed by atoms with Crippen LogP contribution in [-0.2, 0) is 14.3 Å². The summed E-state index contributed by atoms with van der Waals surface area (Å²) < 4.78 is 171. The Morgan fingerprint density at radius 3 is 1.46 bits per heavy atom. The summed E-state index contributed by atoms with van der Waals surface area (Å²) in [6.45, 7) is -1.80. The maximum atomic E-state index is 12.9. The molecule has 0 saturated heterocycles. The Balaban J connectivity index is 5.00. The third kappa shape index (κ3) is 4.37. The molecule has 24 heavy (non-hydrogen) atoms. The minimum Gasteiger partial charge on any atom is -0.263 e. The quantitative estimate of drug-likeness (QED) is 0.275. The van der Waals surface area contributed by atoms with Gasteiger partial charge in [-0.1, -0.05) is 0 Å². The summed E-state index contributed by atoms with van der Waals surface area (Å²) in [7, 11) is -6.26. The van der Waals surface area contributed by atoms with E-state index in [0.717, 1.165) is 0 Å². The van der Waals surface area contributed by atoms with Crippen molar-refractivity contribution < 1.29 is 65.3 Å². The molecule has 0 amide bonds. The standard InChI is InChI=1S/C8H6F12O3S/c9-4(10,5(11,12)6(13,14)7(15,16)17)2-1-3-23-24(21,22)8(18,19)20/h1-3H2. The number of alkyl halides is 12. The van der Waals surface area contributed by atoms with Gasteiger partial charge in [0, 0.05) is 6.42 Å². The van der Waals surface area contributed by atoms with Gasteiger partial charge in [0.25, 0.3) is 0 Å². The Kier molecular flexibility index (Phi) is 6.17. The lowest BCUT2D eigenvalue weighted by Gasteiger charge is -2.33. The maximum absolute atomic E-state index is 12.9. The zero-order valence-corrected chi connectivity index (χ0v) is 11.6. The molecule has 3 nitrogen and oxygen atoms in total. The van der Waals surface area contributed by atoms with Crippen LogP contribution in [0.4, 0.5) is 52.7 Å². The Bertz CT molecular complexity index is 531. The third-order valence-electron chi connectivity index (χ3n) is 2.37. The second kappa shape index (κ2) is 6.42. The van der Waals surface area contributed by atoms with Crippen molar-refractivity contribution in [3.05, 3.63) is 0 Å². The average molecular weight is 410 g/mol. The second-order valence-corrected chi connectivity index (χ2v) is 5.78. The number of hydrogen-bond acceptors (Lipinski definition) is 3. The molecule has 0 rings (SSSR count). The van der Waals surface area contributed by atoms with Gasteiger partial charge in [0.1, 0.15) is 0 Å². The van der Waals surface area contributed by atoms with Crippen LogP contribution < -0.4 is 0 Å². The first-order valence-electron chi connectivity index (χ1n) is 5.36. The maximum Gasteiger partial charge on any atom is 0.523 e. The molecule has 0 aromatic heterocycles. The van der Waals surface area contributed by atoms with Gasteiger partial charge in [-0.25, -0.2) is 0 Å². The molecule has 0 atom stereocenters. The van der Waals surface area contributed by atoms with E-state index in [1.807, 2.05) is 0 Å².